The predicted octanol–water partition coefficient (Wildman–Crippen LogP) is 3.90. The molecule has 0 saturated heterocycles. The van der Waals surface area contributed by atoms with E-state index in [2.05, 4.69) is 4.98 Å². The molecule has 0 amide bonds. The summed E-state index contributed by atoms with van der Waals surface area (Å²) in [6, 6.07) is 15.5. The van der Waals surface area contributed by atoms with Gasteiger partial charge in [0.05, 0.1) is 0 Å². The Balaban J connectivity index is 1.92. The average Bonchev–Trinajstić information content (AvgIpc) is 2.91. The maximum atomic E-state index is 10.6. The van der Waals surface area contributed by atoms with Crippen molar-refractivity contribution in [1.29, 1.82) is 0 Å². The first-order chi connectivity index (χ1) is 10.2. The molecular formula is C17H15NO3. The van der Waals surface area contributed by atoms with Gasteiger partial charge < -0.3 is 9.52 Å². The summed E-state index contributed by atoms with van der Waals surface area (Å²) < 4.78 is 5.79. The van der Waals surface area contributed by atoms with Crippen LogP contribution in [0.15, 0.2) is 52.9 Å². The lowest BCUT2D eigenvalue weighted by Gasteiger charge is -2.05. The molecule has 0 saturated carbocycles. The van der Waals surface area contributed by atoms with Gasteiger partial charge in [-0.25, -0.2) is 4.98 Å². The lowest BCUT2D eigenvalue weighted by atomic mass is 10.0. The molecule has 0 bridgehead atoms. The Bertz CT molecular complexity index is 743. The molecule has 0 spiro atoms. The van der Waals surface area contributed by atoms with Crippen LogP contribution in [-0.4, -0.2) is 16.1 Å². The number of benzene rings is 2. The third kappa shape index (κ3) is 2.94. The summed E-state index contributed by atoms with van der Waals surface area (Å²) >= 11 is 0. The number of carbonyl (C=O) groups is 1. The smallest absolute Gasteiger partial charge is 0.303 e. The van der Waals surface area contributed by atoms with Gasteiger partial charge in [-0.3, -0.25) is 4.79 Å². The van der Waals surface area contributed by atoms with Crippen LogP contribution in [0.2, 0.25) is 0 Å². The monoisotopic (exact) mass is 281 g/mol. The van der Waals surface area contributed by atoms with Gasteiger partial charge in [0.2, 0.25) is 5.89 Å². The number of nitrogens with zero attached hydrogens (tertiary/aromatic N) is 1. The van der Waals surface area contributed by atoms with Crippen molar-refractivity contribution < 1.29 is 14.3 Å². The van der Waals surface area contributed by atoms with E-state index in [9.17, 15) is 4.79 Å². The first kappa shape index (κ1) is 13.4. The third-order valence-corrected chi connectivity index (χ3v) is 3.38. The van der Waals surface area contributed by atoms with Gasteiger partial charge in [-0.1, -0.05) is 30.3 Å². The van der Waals surface area contributed by atoms with Crippen molar-refractivity contribution in [2.45, 2.75) is 19.3 Å². The fourth-order valence-electron chi connectivity index (χ4n) is 2.36. The number of carboxylic acids is 1. The number of para-hydroxylation sites is 2. The molecule has 4 nitrogen and oxygen atoms in total. The molecule has 2 aromatic carbocycles. The highest BCUT2D eigenvalue weighted by Gasteiger charge is 2.11. The topological polar surface area (TPSA) is 63.3 Å². The lowest BCUT2D eigenvalue weighted by Crippen LogP contribution is -1.97. The number of oxazole rings is 1. The van der Waals surface area contributed by atoms with Gasteiger partial charge >= 0.3 is 5.97 Å². The Kier molecular flexibility index (Phi) is 3.69. The second kappa shape index (κ2) is 5.79. The van der Waals surface area contributed by atoms with E-state index < -0.39 is 5.97 Å². The Morgan fingerprint density at radius 1 is 1.10 bits per heavy atom. The summed E-state index contributed by atoms with van der Waals surface area (Å²) in [6.45, 7) is 0. The molecule has 1 heterocycles. The summed E-state index contributed by atoms with van der Waals surface area (Å²) in [4.78, 5) is 15.1. The van der Waals surface area contributed by atoms with Gasteiger partial charge in [-0.15, -0.1) is 0 Å². The molecule has 3 rings (SSSR count). The van der Waals surface area contributed by atoms with Crippen LogP contribution in [0.3, 0.4) is 0 Å². The minimum Gasteiger partial charge on any atom is -0.481 e. The Labute approximate surface area is 122 Å². The van der Waals surface area contributed by atoms with E-state index in [0.29, 0.717) is 18.7 Å². The van der Waals surface area contributed by atoms with Gasteiger partial charge in [-0.05, 0) is 36.6 Å². The van der Waals surface area contributed by atoms with E-state index in [4.69, 9.17) is 9.52 Å². The van der Waals surface area contributed by atoms with Crippen molar-refractivity contribution in [3.05, 3.63) is 54.1 Å². The minimum absolute atomic E-state index is 0.169. The van der Waals surface area contributed by atoms with Crippen LogP contribution >= 0.6 is 0 Å². The molecule has 1 aromatic heterocycles. The maximum absolute atomic E-state index is 10.6. The lowest BCUT2D eigenvalue weighted by molar-refractivity contribution is -0.137. The van der Waals surface area contributed by atoms with E-state index >= 15 is 0 Å². The quantitative estimate of drug-likeness (QED) is 0.770. The highest BCUT2D eigenvalue weighted by atomic mass is 16.4. The third-order valence-electron chi connectivity index (χ3n) is 3.38. The summed E-state index contributed by atoms with van der Waals surface area (Å²) in [5.41, 5.74) is 3.57. The molecule has 0 unspecified atom stereocenters. The van der Waals surface area contributed by atoms with Crippen LogP contribution in [0.5, 0.6) is 0 Å². The number of carboxylic acid groups (broad SMARTS) is 1. The van der Waals surface area contributed by atoms with Crippen LogP contribution in [-0.2, 0) is 11.2 Å². The number of aromatic nitrogens is 1. The zero-order valence-corrected chi connectivity index (χ0v) is 11.5. The Morgan fingerprint density at radius 3 is 2.67 bits per heavy atom. The number of hydrogen-bond acceptors (Lipinski definition) is 3. The summed E-state index contributed by atoms with van der Waals surface area (Å²) in [5.74, 6) is -0.184. The molecular weight excluding hydrogens is 266 g/mol. The molecule has 0 aliphatic rings. The van der Waals surface area contributed by atoms with Gasteiger partial charge in [0, 0.05) is 12.0 Å². The average molecular weight is 281 g/mol. The Morgan fingerprint density at radius 2 is 1.86 bits per heavy atom. The highest BCUT2D eigenvalue weighted by Crippen LogP contribution is 2.27. The van der Waals surface area contributed by atoms with E-state index in [1.165, 1.54) is 0 Å². The Hall–Kier alpha value is -2.62. The number of hydrogen-bond donors (Lipinski definition) is 1. The van der Waals surface area contributed by atoms with Gasteiger partial charge in [0.25, 0.3) is 0 Å². The molecule has 0 fully saturated rings. The second-order valence-electron chi connectivity index (χ2n) is 4.89. The van der Waals surface area contributed by atoms with Gasteiger partial charge in [0.1, 0.15) is 5.52 Å². The number of rotatable bonds is 5. The van der Waals surface area contributed by atoms with Crippen molar-refractivity contribution in [3.63, 3.8) is 0 Å². The molecule has 0 aliphatic carbocycles. The molecule has 3 aromatic rings. The molecule has 1 N–H and O–H groups in total. The van der Waals surface area contributed by atoms with Crippen molar-refractivity contribution >= 4 is 17.1 Å². The van der Waals surface area contributed by atoms with Crippen molar-refractivity contribution in [3.8, 4) is 11.5 Å². The van der Waals surface area contributed by atoms with E-state index in [0.717, 1.165) is 22.2 Å². The molecule has 4 heteroatoms. The second-order valence-corrected chi connectivity index (χ2v) is 4.89. The van der Waals surface area contributed by atoms with Crippen molar-refractivity contribution in [1.82, 2.24) is 4.98 Å². The number of aliphatic carboxylic acids is 1. The van der Waals surface area contributed by atoms with Crippen molar-refractivity contribution in [2.75, 3.05) is 0 Å². The molecule has 0 aliphatic heterocycles. The molecule has 21 heavy (non-hydrogen) atoms. The molecule has 0 atom stereocenters. The first-order valence-electron chi connectivity index (χ1n) is 6.90. The molecule has 106 valence electrons. The maximum Gasteiger partial charge on any atom is 0.303 e. The zero-order valence-electron chi connectivity index (χ0n) is 11.5. The summed E-state index contributed by atoms with van der Waals surface area (Å²) in [5, 5.41) is 8.74. The van der Waals surface area contributed by atoms with Crippen LogP contribution in [0.25, 0.3) is 22.6 Å². The van der Waals surface area contributed by atoms with E-state index in [-0.39, 0.29) is 6.42 Å². The van der Waals surface area contributed by atoms with Crippen LogP contribution in [0, 0.1) is 0 Å². The highest BCUT2D eigenvalue weighted by molar-refractivity contribution is 5.76. The van der Waals surface area contributed by atoms with Crippen molar-refractivity contribution in [2.24, 2.45) is 0 Å². The SMILES string of the molecule is O=C(O)CCCc1ccccc1-c1nc2ccccc2o1. The van der Waals surface area contributed by atoms with E-state index in [1.54, 1.807) is 0 Å². The van der Waals surface area contributed by atoms with Crippen LogP contribution < -0.4 is 0 Å². The van der Waals surface area contributed by atoms with Gasteiger partial charge in [0.15, 0.2) is 5.58 Å². The fraction of sp³-hybridized carbons (Fsp3) is 0.176. The standard InChI is InChI=1S/C17H15NO3/c19-16(20)11-5-7-12-6-1-2-8-13(12)17-18-14-9-3-4-10-15(14)21-17/h1-4,6,8-10H,5,7,11H2,(H,19,20). The number of fused-ring (bicyclic) bond motifs is 1. The number of aryl methyl sites for hydroxylation is 1. The first-order valence-corrected chi connectivity index (χ1v) is 6.90. The summed E-state index contributed by atoms with van der Waals surface area (Å²) in [6.07, 6.45) is 1.47. The minimum atomic E-state index is -0.769. The predicted molar refractivity (Wildman–Crippen MR) is 80.0 cm³/mol. The van der Waals surface area contributed by atoms with Crippen LogP contribution in [0.4, 0.5) is 0 Å². The van der Waals surface area contributed by atoms with E-state index in [1.807, 2.05) is 48.5 Å². The molecule has 0 radical (unpaired) electrons. The van der Waals surface area contributed by atoms with Gasteiger partial charge in [-0.2, -0.15) is 0 Å². The zero-order chi connectivity index (χ0) is 14.7. The summed E-state index contributed by atoms with van der Waals surface area (Å²) in [7, 11) is 0. The van der Waals surface area contributed by atoms with Crippen LogP contribution in [0.1, 0.15) is 18.4 Å². The fourth-order valence-corrected chi connectivity index (χ4v) is 2.36. The normalized spacial score (nSPS) is 10.9. The largest absolute Gasteiger partial charge is 0.481 e.